The van der Waals surface area contributed by atoms with Gasteiger partial charge in [-0.3, -0.25) is 9.69 Å². The SMILES string of the molecule is CCCC1CC(O)N([C@@H](CC)C(N)=O)C1. The van der Waals surface area contributed by atoms with Crippen LogP contribution in [-0.2, 0) is 4.79 Å². The van der Waals surface area contributed by atoms with Gasteiger partial charge in [0.1, 0.15) is 6.23 Å². The van der Waals surface area contributed by atoms with Crippen molar-refractivity contribution in [1.82, 2.24) is 4.90 Å². The Morgan fingerprint density at radius 1 is 1.60 bits per heavy atom. The zero-order chi connectivity index (χ0) is 11.4. The standard InChI is InChI=1S/C11H22N2O2/c1-3-5-8-6-10(14)13(7-8)9(4-2)11(12)15/h8-10,14H,3-7H2,1-2H3,(H2,12,15)/t8?,9-,10?/m0/s1. The predicted molar refractivity (Wildman–Crippen MR) is 59.0 cm³/mol. The van der Waals surface area contributed by atoms with Crippen LogP contribution >= 0.6 is 0 Å². The highest BCUT2D eigenvalue weighted by molar-refractivity contribution is 5.79. The summed E-state index contributed by atoms with van der Waals surface area (Å²) < 4.78 is 0. The van der Waals surface area contributed by atoms with E-state index in [4.69, 9.17) is 5.73 Å². The zero-order valence-corrected chi connectivity index (χ0v) is 9.65. The minimum Gasteiger partial charge on any atom is -0.378 e. The monoisotopic (exact) mass is 214 g/mol. The van der Waals surface area contributed by atoms with Crippen molar-refractivity contribution in [3.05, 3.63) is 0 Å². The smallest absolute Gasteiger partial charge is 0.234 e. The van der Waals surface area contributed by atoms with Gasteiger partial charge in [-0.2, -0.15) is 0 Å². The third-order valence-electron chi connectivity index (χ3n) is 3.21. The van der Waals surface area contributed by atoms with Crippen LogP contribution in [0.1, 0.15) is 39.5 Å². The van der Waals surface area contributed by atoms with E-state index in [1.165, 1.54) is 0 Å². The van der Waals surface area contributed by atoms with Crippen molar-refractivity contribution in [3.8, 4) is 0 Å². The zero-order valence-electron chi connectivity index (χ0n) is 9.65. The number of carbonyl (C=O) groups excluding carboxylic acids is 1. The molecular weight excluding hydrogens is 192 g/mol. The summed E-state index contributed by atoms with van der Waals surface area (Å²) in [6.45, 7) is 4.87. The molecule has 0 aliphatic carbocycles. The summed E-state index contributed by atoms with van der Waals surface area (Å²) in [5.74, 6) is 0.187. The van der Waals surface area contributed by atoms with Crippen LogP contribution in [-0.4, -0.2) is 34.7 Å². The predicted octanol–water partition coefficient (Wildman–Crippen LogP) is 0.691. The van der Waals surface area contributed by atoms with E-state index in [1.807, 2.05) is 11.8 Å². The maximum absolute atomic E-state index is 11.2. The highest BCUT2D eigenvalue weighted by Gasteiger charge is 2.36. The normalized spacial score (nSPS) is 29.3. The molecule has 3 N–H and O–H groups in total. The van der Waals surface area contributed by atoms with Crippen molar-refractivity contribution in [2.45, 2.75) is 51.8 Å². The molecule has 15 heavy (non-hydrogen) atoms. The Balaban J connectivity index is 2.58. The molecule has 0 saturated carbocycles. The lowest BCUT2D eigenvalue weighted by Gasteiger charge is -2.27. The van der Waals surface area contributed by atoms with Gasteiger partial charge in [0.05, 0.1) is 6.04 Å². The molecule has 0 radical (unpaired) electrons. The molecule has 0 spiro atoms. The summed E-state index contributed by atoms with van der Waals surface area (Å²) >= 11 is 0. The number of aliphatic hydroxyl groups excluding tert-OH is 1. The Labute approximate surface area is 91.4 Å². The minimum atomic E-state index is -0.487. The highest BCUT2D eigenvalue weighted by Crippen LogP contribution is 2.27. The van der Waals surface area contributed by atoms with Gasteiger partial charge in [-0.25, -0.2) is 0 Å². The van der Waals surface area contributed by atoms with Gasteiger partial charge in [0, 0.05) is 6.54 Å². The Kier molecular flexibility index (Phi) is 4.54. The molecule has 0 aromatic rings. The molecule has 1 fully saturated rings. The molecule has 4 heteroatoms. The van der Waals surface area contributed by atoms with Gasteiger partial charge < -0.3 is 10.8 Å². The summed E-state index contributed by atoms with van der Waals surface area (Å²) in [4.78, 5) is 13.0. The molecular formula is C11H22N2O2. The van der Waals surface area contributed by atoms with Gasteiger partial charge in [0.2, 0.25) is 5.91 Å². The third kappa shape index (κ3) is 2.92. The summed E-state index contributed by atoms with van der Waals surface area (Å²) in [5.41, 5.74) is 5.32. The van der Waals surface area contributed by atoms with Crippen LogP contribution in [0.2, 0.25) is 0 Å². The Hall–Kier alpha value is -0.610. The summed E-state index contributed by atoms with van der Waals surface area (Å²) in [6.07, 6.45) is 3.20. The second kappa shape index (κ2) is 5.47. The average Bonchev–Trinajstić information content (AvgIpc) is 2.49. The van der Waals surface area contributed by atoms with Crippen LogP contribution in [0.25, 0.3) is 0 Å². The number of hydrogen-bond acceptors (Lipinski definition) is 3. The van der Waals surface area contributed by atoms with E-state index in [-0.39, 0.29) is 11.9 Å². The van der Waals surface area contributed by atoms with Crippen molar-refractivity contribution in [2.75, 3.05) is 6.54 Å². The quantitative estimate of drug-likeness (QED) is 0.707. The largest absolute Gasteiger partial charge is 0.378 e. The first-order chi connectivity index (χ1) is 7.10. The van der Waals surface area contributed by atoms with E-state index >= 15 is 0 Å². The molecule has 4 nitrogen and oxygen atoms in total. The van der Waals surface area contributed by atoms with E-state index in [2.05, 4.69) is 6.92 Å². The lowest BCUT2D eigenvalue weighted by atomic mass is 10.0. The van der Waals surface area contributed by atoms with Crippen molar-refractivity contribution in [1.29, 1.82) is 0 Å². The highest BCUT2D eigenvalue weighted by atomic mass is 16.3. The summed E-state index contributed by atoms with van der Waals surface area (Å²) in [6, 6.07) is -0.304. The van der Waals surface area contributed by atoms with Gasteiger partial charge in [-0.15, -0.1) is 0 Å². The molecule has 2 unspecified atom stereocenters. The first-order valence-corrected chi connectivity index (χ1v) is 5.83. The second-order valence-electron chi connectivity index (χ2n) is 4.39. The topological polar surface area (TPSA) is 66.6 Å². The van der Waals surface area contributed by atoms with Crippen molar-refractivity contribution in [2.24, 2.45) is 11.7 Å². The maximum atomic E-state index is 11.2. The summed E-state index contributed by atoms with van der Waals surface area (Å²) in [5, 5.41) is 9.85. The van der Waals surface area contributed by atoms with Crippen LogP contribution in [0, 0.1) is 5.92 Å². The van der Waals surface area contributed by atoms with E-state index < -0.39 is 6.23 Å². The Morgan fingerprint density at radius 3 is 2.73 bits per heavy atom. The molecule has 1 heterocycles. The van der Waals surface area contributed by atoms with Crippen LogP contribution in [0.15, 0.2) is 0 Å². The van der Waals surface area contributed by atoms with Crippen LogP contribution < -0.4 is 5.73 Å². The van der Waals surface area contributed by atoms with E-state index in [0.29, 0.717) is 12.3 Å². The minimum absolute atomic E-state index is 0.304. The number of aliphatic hydroxyl groups is 1. The fourth-order valence-electron chi connectivity index (χ4n) is 2.48. The Morgan fingerprint density at radius 2 is 2.27 bits per heavy atom. The molecule has 1 saturated heterocycles. The number of nitrogens with zero attached hydrogens (tertiary/aromatic N) is 1. The summed E-state index contributed by atoms with van der Waals surface area (Å²) in [7, 11) is 0. The van der Waals surface area contributed by atoms with Gasteiger partial charge >= 0.3 is 0 Å². The van der Waals surface area contributed by atoms with Crippen LogP contribution in [0.3, 0.4) is 0 Å². The molecule has 1 amide bonds. The first-order valence-electron chi connectivity index (χ1n) is 5.83. The lowest BCUT2D eigenvalue weighted by Crippen LogP contribution is -2.46. The van der Waals surface area contributed by atoms with E-state index in [0.717, 1.165) is 25.8 Å². The molecule has 0 aromatic carbocycles. The van der Waals surface area contributed by atoms with Crippen molar-refractivity contribution >= 4 is 5.91 Å². The van der Waals surface area contributed by atoms with Crippen molar-refractivity contribution in [3.63, 3.8) is 0 Å². The number of likely N-dealkylation sites (tertiary alicyclic amines) is 1. The number of carbonyl (C=O) groups is 1. The molecule has 1 aliphatic rings. The first kappa shape index (κ1) is 12.5. The molecule has 0 aromatic heterocycles. The lowest BCUT2D eigenvalue weighted by molar-refractivity contribution is -0.126. The maximum Gasteiger partial charge on any atom is 0.234 e. The average molecular weight is 214 g/mol. The van der Waals surface area contributed by atoms with Gasteiger partial charge in [-0.05, 0) is 25.2 Å². The van der Waals surface area contributed by atoms with Gasteiger partial charge in [0.25, 0.3) is 0 Å². The van der Waals surface area contributed by atoms with E-state index in [1.54, 1.807) is 0 Å². The molecule has 1 rings (SSSR count). The van der Waals surface area contributed by atoms with Gasteiger partial charge in [-0.1, -0.05) is 20.3 Å². The molecule has 3 atom stereocenters. The van der Waals surface area contributed by atoms with Crippen molar-refractivity contribution < 1.29 is 9.90 Å². The number of rotatable bonds is 5. The molecule has 88 valence electrons. The fraction of sp³-hybridized carbons (Fsp3) is 0.909. The second-order valence-corrected chi connectivity index (χ2v) is 4.39. The third-order valence-corrected chi connectivity index (χ3v) is 3.21. The molecule has 1 aliphatic heterocycles. The van der Waals surface area contributed by atoms with Crippen LogP contribution in [0.5, 0.6) is 0 Å². The van der Waals surface area contributed by atoms with Gasteiger partial charge in [0.15, 0.2) is 0 Å². The Bertz CT molecular complexity index is 221. The fourth-order valence-corrected chi connectivity index (χ4v) is 2.48. The number of primary amides is 1. The number of hydrogen-bond donors (Lipinski definition) is 2. The molecule has 0 bridgehead atoms. The van der Waals surface area contributed by atoms with Crippen LogP contribution in [0.4, 0.5) is 0 Å². The number of nitrogens with two attached hydrogens (primary N) is 1. The number of amides is 1. The van der Waals surface area contributed by atoms with E-state index in [9.17, 15) is 9.90 Å².